The van der Waals surface area contributed by atoms with Gasteiger partial charge in [-0.3, -0.25) is 9.59 Å². The molecule has 4 rings (SSSR count). The summed E-state index contributed by atoms with van der Waals surface area (Å²) in [7, 11) is 0. The summed E-state index contributed by atoms with van der Waals surface area (Å²) in [6.45, 7) is 1.81. The number of carbonyl (C=O) groups excluding carboxylic acids is 2. The van der Waals surface area contributed by atoms with Crippen LogP contribution in [-0.2, 0) is 4.79 Å². The molecule has 0 radical (unpaired) electrons. The molecule has 1 aromatic heterocycles. The Kier molecular flexibility index (Phi) is 4.08. The van der Waals surface area contributed by atoms with Gasteiger partial charge in [-0.1, -0.05) is 11.6 Å². The van der Waals surface area contributed by atoms with Crippen LogP contribution in [0.15, 0.2) is 12.3 Å². The van der Waals surface area contributed by atoms with E-state index in [1.54, 1.807) is 11.0 Å². The van der Waals surface area contributed by atoms with Gasteiger partial charge in [0, 0.05) is 19.3 Å². The van der Waals surface area contributed by atoms with E-state index in [0.717, 1.165) is 12.8 Å². The molecule has 6 nitrogen and oxygen atoms in total. The Balaban J connectivity index is 1.49. The van der Waals surface area contributed by atoms with E-state index < -0.39 is 0 Å². The van der Waals surface area contributed by atoms with Crippen molar-refractivity contribution in [1.82, 2.24) is 15.2 Å². The van der Waals surface area contributed by atoms with Crippen LogP contribution in [0.1, 0.15) is 36.0 Å². The lowest BCUT2D eigenvalue weighted by Crippen LogP contribution is -2.48. The quantitative estimate of drug-likeness (QED) is 0.900. The number of likely N-dealkylation sites (tertiary alicyclic amines) is 1. The number of halogens is 1. The van der Waals surface area contributed by atoms with Crippen LogP contribution in [0.2, 0.25) is 5.02 Å². The van der Waals surface area contributed by atoms with Gasteiger partial charge >= 0.3 is 0 Å². The second-order valence-corrected chi connectivity index (χ2v) is 7.23. The molecule has 3 aliphatic rings. The summed E-state index contributed by atoms with van der Waals surface area (Å²) in [5, 5.41) is 3.21. The first-order valence-corrected chi connectivity index (χ1v) is 8.88. The molecule has 0 bridgehead atoms. The second kappa shape index (κ2) is 6.24. The van der Waals surface area contributed by atoms with Crippen LogP contribution >= 0.6 is 11.6 Å². The van der Waals surface area contributed by atoms with Crippen molar-refractivity contribution in [2.24, 2.45) is 11.8 Å². The fourth-order valence-electron chi connectivity index (χ4n) is 3.50. The summed E-state index contributed by atoms with van der Waals surface area (Å²) in [5.41, 5.74) is 0.443. The average Bonchev–Trinajstić information content (AvgIpc) is 3.35. The number of hydrogen-bond acceptors (Lipinski definition) is 4. The highest BCUT2D eigenvalue weighted by atomic mass is 35.5. The number of nitrogens with zero attached hydrogens (tertiary/aromatic N) is 2. The van der Waals surface area contributed by atoms with Crippen molar-refractivity contribution in [3.8, 4) is 5.88 Å². The zero-order valence-corrected chi connectivity index (χ0v) is 14.1. The van der Waals surface area contributed by atoms with Gasteiger partial charge in [0.05, 0.1) is 24.1 Å². The Labute approximate surface area is 145 Å². The molecule has 7 heteroatoms. The highest BCUT2D eigenvalue weighted by Crippen LogP contribution is 2.32. The summed E-state index contributed by atoms with van der Waals surface area (Å²) >= 11 is 6.23. The first kappa shape index (κ1) is 15.7. The normalized spacial score (nSPS) is 26.0. The summed E-state index contributed by atoms with van der Waals surface area (Å²) in [6, 6.07) is 1.55. The van der Waals surface area contributed by atoms with Gasteiger partial charge in [0.15, 0.2) is 0 Å². The van der Waals surface area contributed by atoms with Crippen molar-refractivity contribution in [3.63, 3.8) is 0 Å². The molecule has 0 aromatic carbocycles. The standard InChI is InChI=1S/C17H20ClN3O3/c18-13-6-11(7-20-16(13)24-9-10-3-4-10)17(23)21-5-1-2-12-14(21)8-19-15(12)22/h6-7,10,12,14H,1-5,8-9H2,(H,19,22)/t12-,14-/m1/s1. The lowest BCUT2D eigenvalue weighted by atomic mass is 9.91. The molecule has 2 aliphatic heterocycles. The smallest absolute Gasteiger partial charge is 0.255 e. The number of fused-ring (bicyclic) bond motifs is 1. The van der Waals surface area contributed by atoms with Gasteiger partial charge < -0.3 is 15.0 Å². The predicted molar refractivity (Wildman–Crippen MR) is 88.0 cm³/mol. The number of aromatic nitrogens is 1. The van der Waals surface area contributed by atoms with Gasteiger partial charge in [-0.15, -0.1) is 0 Å². The third-order valence-electron chi connectivity index (χ3n) is 5.07. The van der Waals surface area contributed by atoms with Gasteiger partial charge in [0.25, 0.3) is 5.91 Å². The van der Waals surface area contributed by atoms with E-state index in [4.69, 9.17) is 16.3 Å². The van der Waals surface area contributed by atoms with Crippen LogP contribution < -0.4 is 10.1 Å². The first-order chi connectivity index (χ1) is 11.6. The number of carbonyl (C=O) groups is 2. The lowest BCUT2D eigenvalue weighted by Gasteiger charge is -2.35. The molecule has 1 aromatic rings. The SMILES string of the molecule is O=C1NC[C@@H]2[C@H]1CCCN2C(=O)c1cnc(OCC2CC2)c(Cl)c1. The van der Waals surface area contributed by atoms with Crippen molar-refractivity contribution >= 4 is 23.4 Å². The molecule has 1 N–H and O–H groups in total. The van der Waals surface area contributed by atoms with E-state index in [0.29, 0.717) is 42.1 Å². The van der Waals surface area contributed by atoms with Gasteiger partial charge in [-0.05, 0) is 37.7 Å². The van der Waals surface area contributed by atoms with Crippen LogP contribution in [0.4, 0.5) is 0 Å². The Morgan fingerprint density at radius 3 is 3.00 bits per heavy atom. The third-order valence-corrected chi connectivity index (χ3v) is 5.34. The number of rotatable bonds is 4. The van der Waals surface area contributed by atoms with Crippen LogP contribution in [0.3, 0.4) is 0 Å². The fourth-order valence-corrected chi connectivity index (χ4v) is 3.72. The van der Waals surface area contributed by atoms with Crippen LogP contribution in [0, 0.1) is 11.8 Å². The molecule has 3 fully saturated rings. The number of ether oxygens (including phenoxy) is 1. The maximum atomic E-state index is 12.8. The number of pyridine rings is 1. The van der Waals surface area contributed by atoms with Crippen molar-refractivity contribution < 1.29 is 14.3 Å². The van der Waals surface area contributed by atoms with E-state index in [1.807, 2.05) is 0 Å². The first-order valence-electron chi connectivity index (χ1n) is 8.50. The monoisotopic (exact) mass is 349 g/mol. The Morgan fingerprint density at radius 1 is 1.42 bits per heavy atom. The van der Waals surface area contributed by atoms with Gasteiger partial charge in [-0.2, -0.15) is 0 Å². The minimum Gasteiger partial charge on any atom is -0.476 e. The minimum absolute atomic E-state index is 0.0532. The number of nitrogens with one attached hydrogen (secondary N) is 1. The van der Waals surface area contributed by atoms with E-state index in [2.05, 4.69) is 10.3 Å². The zero-order chi connectivity index (χ0) is 16.7. The van der Waals surface area contributed by atoms with Gasteiger partial charge in [0.2, 0.25) is 11.8 Å². The Morgan fingerprint density at radius 2 is 2.25 bits per heavy atom. The van der Waals surface area contributed by atoms with Gasteiger partial charge in [-0.25, -0.2) is 4.98 Å². The molecular formula is C17H20ClN3O3. The zero-order valence-electron chi connectivity index (χ0n) is 13.3. The van der Waals surface area contributed by atoms with E-state index in [1.165, 1.54) is 19.0 Å². The summed E-state index contributed by atoms with van der Waals surface area (Å²) in [6.07, 6.45) is 5.58. The van der Waals surface area contributed by atoms with Crippen LogP contribution in [0.5, 0.6) is 5.88 Å². The maximum Gasteiger partial charge on any atom is 0.255 e. The van der Waals surface area contributed by atoms with Crippen LogP contribution in [-0.4, -0.2) is 47.4 Å². The topological polar surface area (TPSA) is 71.5 Å². The molecule has 2 saturated heterocycles. The van der Waals surface area contributed by atoms with Crippen LogP contribution in [0.25, 0.3) is 0 Å². The Hall–Kier alpha value is -1.82. The molecule has 2 amide bonds. The molecule has 1 saturated carbocycles. The van der Waals surface area contributed by atoms with E-state index in [-0.39, 0.29) is 23.8 Å². The molecule has 3 heterocycles. The van der Waals surface area contributed by atoms with Crippen molar-refractivity contribution in [1.29, 1.82) is 0 Å². The lowest BCUT2D eigenvalue weighted by molar-refractivity contribution is -0.123. The second-order valence-electron chi connectivity index (χ2n) is 6.83. The largest absolute Gasteiger partial charge is 0.476 e. The molecule has 128 valence electrons. The molecule has 2 atom stereocenters. The highest BCUT2D eigenvalue weighted by Gasteiger charge is 2.42. The molecule has 0 spiro atoms. The summed E-state index contributed by atoms with van der Waals surface area (Å²) in [5.74, 6) is 0.838. The number of hydrogen-bond donors (Lipinski definition) is 1. The van der Waals surface area contributed by atoms with Crippen molar-refractivity contribution in [2.75, 3.05) is 19.7 Å². The molecule has 24 heavy (non-hydrogen) atoms. The molecule has 0 unspecified atom stereocenters. The summed E-state index contributed by atoms with van der Waals surface area (Å²) < 4.78 is 5.60. The van der Waals surface area contributed by atoms with Crippen molar-refractivity contribution in [2.45, 2.75) is 31.7 Å². The van der Waals surface area contributed by atoms with E-state index >= 15 is 0 Å². The predicted octanol–water partition coefficient (Wildman–Crippen LogP) is 1.87. The number of piperidine rings is 1. The number of amides is 2. The minimum atomic E-state index is -0.121. The van der Waals surface area contributed by atoms with E-state index in [9.17, 15) is 9.59 Å². The highest BCUT2D eigenvalue weighted by molar-refractivity contribution is 6.32. The molecule has 1 aliphatic carbocycles. The maximum absolute atomic E-state index is 12.8. The Bertz CT molecular complexity index is 677. The molecular weight excluding hydrogens is 330 g/mol. The summed E-state index contributed by atoms with van der Waals surface area (Å²) in [4.78, 5) is 30.7. The third kappa shape index (κ3) is 2.95. The fraction of sp³-hybridized carbons (Fsp3) is 0.588. The average molecular weight is 350 g/mol. The van der Waals surface area contributed by atoms with Crippen molar-refractivity contribution in [3.05, 3.63) is 22.8 Å². The van der Waals surface area contributed by atoms with Gasteiger partial charge in [0.1, 0.15) is 5.02 Å².